The van der Waals surface area contributed by atoms with Gasteiger partial charge in [0.1, 0.15) is 12.1 Å². The lowest BCUT2D eigenvalue weighted by Crippen LogP contribution is -2.49. The summed E-state index contributed by atoms with van der Waals surface area (Å²) in [6.07, 6.45) is 5.10. The highest BCUT2D eigenvalue weighted by Crippen LogP contribution is 2.39. The maximum absolute atomic E-state index is 13.5. The summed E-state index contributed by atoms with van der Waals surface area (Å²) in [6.45, 7) is 4.38. The van der Waals surface area contributed by atoms with Crippen molar-refractivity contribution in [3.8, 4) is 5.82 Å². The number of benzene rings is 1. The first-order chi connectivity index (χ1) is 16.4. The van der Waals surface area contributed by atoms with Crippen LogP contribution in [-0.4, -0.2) is 71.1 Å². The highest BCUT2D eigenvalue weighted by Gasteiger charge is 2.35. The number of rotatable bonds is 4. The van der Waals surface area contributed by atoms with Crippen molar-refractivity contribution in [2.24, 2.45) is 0 Å². The number of piperazine rings is 1. The minimum Gasteiger partial charge on any atom is -0.354 e. The van der Waals surface area contributed by atoms with Crippen LogP contribution >= 0.6 is 0 Å². The smallest absolute Gasteiger partial charge is 0.243 e. The molecule has 5 heterocycles. The molecule has 1 saturated heterocycles. The Kier molecular flexibility index (Phi) is 4.92. The highest BCUT2D eigenvalue weighted by molar-refractivity contribution is 7.89. The van der Waals surface area contributed by atoms with Crippen molar-refractivity contribution in [1.29, 1.82) is 0 Å². The van der Waals surface area contributed by atoms with Crippen LogP contribution in [0.4, 0.5) is 11.5 Å². The zero-order valence-electron chi connectivity index (χ0n) is 18.9. The van der Waals surface area contributed by atoms with Crippen molar-refractivity contribution in [3.63, 3.8) is 0 Å². The fourth-order valence-electron chi connectivity index (χ4n) is 5.06. The number of amides is 1. The summed E-state index contributed by atoms with van der Waals surface area (Å²) in [4.78, 5) is 25.1. The quantitative estimate of drug-likeness (QED) is 0.556. The summed E-state index contributed by atoms with van der Waals surface area (Å²) in [5.41, 5.74) is 3.77. The minimum absolute atomic E-state index is 0.133. The Morgan fingerprint density at radius 2 is 1.62 bits per heavy atom. The van der Waals surface area contributed by atoms with Crippen LogP contribution in [0.5, 0.6) is 0 Å². The first-order valence-electron chi connectivity index (χ1n) is 11.5. The van der Waals surface area contributed by atoms with E-state index in [1.54, 1.807) is 21.1 Å². The lowest BCUT2D eigenvalue weighted by molar-refractivity contribution is -0.118. The number of anilines is 2. The molecule has 0 N–H and O–H groups in total. The average molecular weight is 480 g/mol. The average Bonchev–Trinajstić information content (AvgIpc) is 3.49. The maximum Gasteiger partial charge on any atom is 0.243 e. The van der Waals surface area contributed by atoms with E-state index in [-0.39, 0.29) is 5.91 Å². The maximum atomic E-state index is 13.5. The Hall–Kier alpha value is -3.31. The van der Waals surface area contributed by atoms with E-state index in [4.69, 9.17) is 0 Å². The third-order valence-electron chi connectivity index (χ3n) is 6.82. The summed E-state index contributed by atoms with van der Waals surface area (Å²) in [5, 5.41) is 4.40. The molecule has 2 aromatic heterocycles. The lowest BCUT2D eigenvalue weighted by Gasteiger charge is -2.35. The van der Waals surface area contributed by atoms with Gasteiger partial charge in [-0.1, -0.05) is 0 Å². The van der Waals surface area contributed by atoms with Crippen LogP contribution in [0.3, 0.4) is 0 Å². The molecule has 11 heteroatoms. The van der Waals surface area contributed by atoms with Crippen molar-refractivity contribution < 1.29 is 13.2 Å². The molecule has 0 radical (unpaired) electrons. The van der Waals surface area contributed by atoms with E-state index in [0.29, 0.717) is 62.7 Å². The molecule has 176 valence electrons. The summed E-state index contributed by atoms with van der Waals surface area (Å²) >= 11 is 0. The van der Waals surface area contributed by atoms with Gasteiger partial charge >= 0.3 is 0 Å². The largest absolute Gasteiger partial charge is 0.354 e. The summed E-state index contributed by atoms with van der Waals surface area (Å²) < 4.78 is 30.2. The monoisotopic (exact) mass is 479 g/mol. The molecule has 1 aromatic carbocycles. The van der Waals surface area contributed by atoms with Gasteiger partial charge in [-0.2, -0.15) is 9.40 Å². The van der Waals surface area contributed by atoms with Crippen molar-refractivity contribution >= 4 is 27.4 Å². The Labute approximate surface area is 197 Å². The molecule has 0 saturated carbocycles. The van der Waals surface area contributed by atoms with E-state index >= 15 is 0 Å². The van der Waals surface area contributed by atoms with E-state index in [2.05, 4.69) is 20.0 Å². The molecule has 0 aliphatic carbocycles. The normalized spacial score (nSPS) is 18.4. The summed E-state index contributed by atoms with van der Waals surface area (Å²) in [6, 6.07) is 7.32. The Morgan fingerprint density at radius 1 is 0.882 bits per heavy atom. The van der Waals surface area contributed by atoms with E-state index in [0.717, 1.165) is 28.3 Å². The topological polar surface area (TPSA) is 105 Å². The molecule has 6 rings (SSSR count). The molecule has 34 heavy (non-hydrogen) atoms. The van der Waals surface area contributed by atoms with Gasteiger partial charge in [-0.05, 0) is 49.1 Å². The van der Waals surface area contributed by atoms with Gasteiger partial charge in [0.2, 0.25) is 15.9 Å². The van der Waals surface area contributed by atoms with Gasteiger partial charge in [0.05, 0.1) is 16.3 Å². The number of carbonyl (C=O) groups is 1. The molecule has 1 fully saturated rings. The van der Waals surface area contributed by atoms with Gasteiger partial charge in [-0.15, -0.1) is 0 Å². The van der Waals surface area contributed by atoms with Gasteiger partial charge in [0.25, 0.3) is 0 Å². The van der Waals surface area contributed by atoms with Crippen LogP contribution in [0.1, 0.15) is 23.2 Å². The standard InChI is InChI=1S/C23H25N7O3S/c1-16-4-7-30(26-16)21-14-20(24-15-25-21)27-8-10-28(11-9-27)34(32,33)19-12-17-2-3-22(31)29-6-5-18(13-19)23(17)29/h4,7,12-15H,2-3,5-6,8-11H2,1H3. The van der Waals surface area contributed by atoms with Crippen LogP contribution in [0.2, 0.25) is 0 Å². The van der Waals surface area contributed by atoms with Gasteiger partial charge in [-0.3, -0.25) is 4.79 Å². The molecule has 10 nitrogen and oxygen atoms in total. The molecule has 0 bridgehead atoms. The number of carbonyl (C=O) groups excluding carboxylic acids is 1. The number of sulfonamides is 1. The Balaban J connectivity index is 1.20. The van der Waals surface area contributed by atoms with Crippen LogP contribution < -0.4 is 9.80 Å². The van der Waals surface area contributed by atoms with E-state index in [9.17, 15) is 13.2 Å². The zero-order valence-corrected chi connectivity index (χ0v) is 19.7. The second-order valence-corrected chi connectivity index (χ2v) is 10.9. The van der Waals surface area contributed by atoms with Crippen LogP contribution in [0.15, 0.2) is 41.7 Å². The second-order valence-electron chi connectivity index (χ2n) is 8.91. The second kappa shape index (κ2) is 7.88. The predicted octanol–water partition coefficient (Wildman–Crippen LogP) is 1.32. The van der Waals surface area contributed by atoms with Crippen LogP contribution in [0.25, 0.3) is 5.82 Å². The van der Waals surface area contributed by atoms with Gasteiger partial charge in [0.15, 0.2) is 5.82 Å². The number of aryl methyl sites for hydroxylation is 2. The molecule has 0 atom stereocenters. The number of nitrogens with zero attached hydrogens (tertiary/aromatic N) is 7. The van der Waals surface area contributed by atoms with Crippen molar-refractivity contribution in [2.75, 3.05) is 42.5 Å². The minimum atomic E-state index is -3.62. The number of aromatic nitrogens is 4. The molecular weight excluding hydrogens is 454 g/mol. The first-order valence-corrected chi connectivity index (χ1v) is 12.9. The number of hydrogen-bond acceptors (Lipinski definition) is 7. The fourth-order valence-corrected chi connectivity index (χ4v) is 6.58. The lowest BCUT2D eigenvalue weighted by atomic mass is 10.00. The molecule has 3 aliphatic heterocycles. The summed E-state index contributed by atoms with van der Waals surface area (Å²) in [7, 11) is -3.62. The molecule has 0 unspecified atom stereocenters. The van der Waals surface area contributed by atoms with E-state index in [1.807, 2.05) is 30.2 Å². The summed E-state index contributed by atoms with van der Waals surface area (Å²) in [5.74, 6) is 1.56. The van der Waals surface area contributed by atoms with Gasteiger partial charge in [0, 0.05) is 51.4 Å². The molecular formula is C23H25N7O3S. The van der Waals surface area contributed by atoms with Crippen LogP contribution in [-0.2, 0) is 27.7 Å². The van der Waals surface area contributed by atoms with Crippen molar-refractivity contribution in [1.82, 2.24) is 24.1 Å². The van der Waals surface area contributed by atoms with E-state index in [1.165, 1.54) is 6.33 Å². The molecule has 0 spiro atoms. The highest BCUT2D eigenvalue weighted by atomic mass is 32.2. The van der Waals surface area contributed by atoms with E-state index < -0.39 is 10.0 Å². The van der Waals surface area contributed by atoms with Gasteiger partial charge < -0.3 is 9.80 Å². The first kappa shape index (κ1) is 21.2. The van der Waals surface area contributed by atoms with Crippen LogP contribution in [0, 0.1) is 6.92 Å². The SMILES string of the molecule is Cc1ccn(-c2cc(N3CCN(S(=O)(=O)c4cc5c6c(c4)CCN6C(=O)CC5)CC3)ncn2)n1. The molecule has 3 aromatic rings. The fraction of sp³-hybridized carbons (Fsp3) is 0.391. The Bertz CT molecular complexity index is 1390. The Morgan fingerprint density at radius 3 is 2.35 bits per heavy atom. The zero-order chi connectivity index (χ0) is 23.4. The third kappa shape index (κ3) is 3.46. The third-order valence-corrected chi connectivity index (χ3v) is 8.70. The molecule has 3 aliphatic rings. The molecule has 1 amide bonds. The van der Waals surface area contributed by atoms with Crippen molar-refractivity contribution in [2.45, 2.75) is 31.1 Å². The number of hydrogen-bond donors (Lipinski definition) is 0. The van der Waals surface area contributed by atoms with Gasteiger partial charge in [-0.25, -0.2) is 23.1 Å². The predicted molar refractivity (Wildman–Crippen MR) is 126 cm³/mol. The van der Waals surface area contributed by atoms with Crippen molar-refractivity contribution in [3.05, 3.63) is 53.6 Å².